The van der Waals surface area contributed by atoms with E-state index < -0.39 is 12.1 Å². The van der Waals surface area contributed by atoms with Gasteiger partial charge in [0.15, 0.2) is 0 Å². The molecule has 1 rings (SSSR count). The molecule has 1 aliphatic heterocycles. The van der Waals surface area contributed by atoms with E-state index in [4.69, 9.17) is 5.11 Å². The standard InChI is InChI=1S/C9H16FNO2/c10-8-4-6-11-5-3-7(8)1-2-9(12)13/h7-8,11H,1-6H2,(H,12,13)/t7-,8-/m1/s1. The third-order valence-electron chi connectivity index (χ3n) is 2.53. The number of nitrogens with one attached hydrogen (secondary N) is 1. The molecular formula is C9H16FNO2. The Bertz CT molecular complexity index is 175. The second kappa shape index (κ2) is 5.17. The molecule has 0 saturated carbocycles. The third kappa shape index (κ3) is 3.72. The zero-order valence-electron chi connectivity index (χ0n) is 7.63. The summed E-state index contributed by atoms with van der Waals surface area (Å²) in [6.45, 7) is 1.52. The number of alkyl halides is 1. The lowest BCUT2D eigenvalue weighted by Crippen LogP contribution is -2.16. The number of carbonyl (C=O) groups is 1. The maximum absolute atomic E-state index is 13.3. The topological polar surface area (TPSA) is 49.3 Å². The Hall–Kier alpha value is -0.640. The first kappa shape index (κ1) is 10.4. The van der Waals surface area contributed by atoms with Gasteiger partial charge in [0.05, 0.1) is 0 Å². The molecule has 4 heteroatoms. The number of carboxylic acids is 1. The van der Waals surface area contributed by atoms with Crippen LogP contribution in [-0.2, 0) is 4.79 Å². The van der Waals surface area contributed by atoms with Gasteiger partial charge in [-0.3, -0.25) is 4.79 Å². The lowest BCUT2D eigenvalue weighted by atomic mass is 9.93. The number of hydrogen-bond donors (Lipinski definition) is 2. The summed E-state index contributed by atoms with van der Waals surface area (Å²) in [7, 11) is 0. The van der Waals surface area contributed by atoms with Crippen LogP contribution < -0.4 is 5.32 Å². The van der Waals surface area contributed by atoms with Crippen LogP contribution >= 0.6 is 0 Å². The fourth-order valence-corrected chi connectivity index (χ4v) is 1.70. The Balaban J connectivity index is 2.31. The summed E-state index contributed by atoms with van der Waals surface area (Å²) in [5, 5.41) is 11.6. The maximum Gasteiger partial charge on any atom is 0.303 e. The summed E-state index contributed by atoms with van der Waals surface area (Å²) in [4.78, 5) is 10.3. The van der Waals surface area contributed by atoms with Crippen LogP contribution in [0.5, 0.6) is 0 Å². The molecule has 0 aromatic rings. The van der Waals surface area contributed by atoms with Gasteiger partial charge in [0.25, 0.3) is 0 Å². The van der Waals surface area contributed by atoms with Gasteiger partial charge >= 0.3 is 5.97 Å². The van der Waals surface area contributed by atoms with Crippen LogP contribution in [0.1, 0.15) is 25.7 Å². The van der Waals surface area contributed by atoms with Crippen molar-refractivity contribution in [1.82, 2.24) is 5.32 Å². The van der Waals surface area contributed by atoms with Crippen molar-refractivity contribution in [2.24, 2.45) is 5.92 Å². The van der Waals surface area contributed by atoms with Crippen molar-refractivity contribution in [2.75, 3.05) is 13.1 Å². The van der Waals surface area contributed by atoms with Crippen molar-refractivity contribution in [3.8, 4) is 0 Å². The molecule has 0 unspecified atom stereocenters. The molecule has 0 radical (unpaired) electrons. The van der Waals surface area contributed by atoms with Crippen molar-refractivity contribution in [1.29, 1.82) is 0 Å². The van der Waals surface area contributed by atoms with Crippen molar-refractivity contribution in [3.05, 3.63) is 0 Å². The fourth-order valence-electron chi connectivity index (χ4n) is 1.70. The molecule has 0 aliphatic carbocycles. The SMILES string of the molecule is O=C(O)CC[C@@H]1CCNCC[C@H]1F. The lowest BCUT2D eigenvalue weighted by molar-refractivity contribution is -0.137. The molecule has 1 fully saturated rings. The zero-order valence-corrected chi connectivity index (χ0v) is 7.63. The summed E-state index contributed by atoms with van der Waals surface area (Å²) in [5.74, 6) is -0.893. The Morgan fingerprint density at radius 3 is 2.85 bits per heavy atom. The minimum absolute atomic E-state index is 0.0638. The fraction of sp³-hybridized carbons (Fsp3) is 0.889. The van der Waals surface area contributed by atoms with Gasteiger partial charge in [0.2, 0.25) is 0 Å². The number of hydrogen-bond acceptors (Lipinski definition) is 2. The molecule has 1 heterocycles. The highest BCUT2D eigenvalue weighted by Crippen LogP contribution is 2.22. The molecule has 0 bridgehead atoms. The van der Waals surface area contributed by atoms with Gasteiger partial charge in [-0.05, 0) is 38.3 Å². The minimum atomic E-state index is -0.829. The predicted molar refractivity (Wildman–Crippen MR) is 47.4 cm³/mol. The molecule has 1 saturated heterocycles. The largest absolute Gasteiger partial charge is 0.481 e. The van der Waals surface area contributed by atoms with E-state index in [0.29, 0.717) is 19.4 Å². The second-order valence-electron chi connectivity index (χ2n) is 3.54. The average Bonchev–Trinajstić information content (AvgIpc) is 2.27. The Labute approximate surface area is 77.3 Å². The summed E-state index contributed by atoms with van der Waals surface area (Å²) in [5.41, 5.74) is 0. The molecule has 1 aliphatic rings. The highest BCUT2D eigenvalue weighted by molar-refractivity contribution is 5.66. The van der Waals surface area contributed by atoms with E-state index in [9.17, 15) is 9.18 Å². The summed E-state index contributed by atoms with van der Waals surface area (Å²) in [6, 6.07) is 0. The lowest BCUT2D eigenvalue weighted by Gasteiger charge is -2.16. The highest BCUT2D eigenvalue weighted by atomic mass is 19.1. The van der Waals surface area contributed by atoms with Crippen LogP contribution in [0.15, 0.2) is 0 Å². The van der Waals surface area contributed by atoms with E-state index in [2.05, 4.69) is 5.32 Å². The first-order valence-corrected chi connectivity index (χ1v) is 4.76. The van der Waals surface area contributed by atoms with Crippen molar-refractivity contribution < 1.29 is 14.3 Å². The molecule has 13 heavy (non-hydrogen) atoms. The average molecular weight is 189 g/mol. The van der Waals surface area contributed by atoms with E-state index in [1.807, 2.05) is 0 Å². The summed E-state index contributed by atoms with van der Waals surface area (Å²) in [6.07, 6.45) is 1.01. The predicted octanol–water partition coefficient (Wildman–Crippen LogP) is 1.19. The zero-order chi connectivity index (χ0) is 9.68. The van der Waals surface area contributed by atoms with Gasteiger partial charge < -0.3 is 10.4 Å². The first-order valence-electron chi connectivity index (χ1n) is 4.76. The van der Waals surface area contributed by atoms with Crippen molar-refractivity contribution in [2.45, 2.75) is 31.9 Å². The molecule has 0 aromatic carbocycles. The number of carboxylic acid groups (broad SMARTS) is 1. The molecule has 2 N–H and O–H groups in total. The minimum Gasteiger partial charge on any atom is -0.481 e. The number of rotatable bonds is 3. The van der Waals surface area contributed by atoms with Gasteiger partial charge in [0, 0.05) is 6.42 Å². The van der Waals surface area contributed by atoms with E-state index in [-0.39, 0.29) is 12.3 Å². The molecular weight excluding hydrogens is 173 g/mol. The highest BCUT2D eigenvalue weighted by Gasteiger charge is 2.23. The number of halogens is 1. The second-order valence-corrected chi connectivity index (χ2v) is 3.54. The van der Waals surface area contributed by atoms with Crippen LogP contribution in [-0.4, -0.2) is 30.3 Å². The maximum atomic E-state index is 13.3. The van der Waals surface area contributed by atoms with Crippen LogP contribution in [0.2, 0.25) is 0 Å². The van der Waals surface area contributed by atoms with Gasteiger partial charge in [0.1, 0.15) is 6.17 Å². The molecule has 0 amide bonds. The molecule has 76 valence electrons. The van der Waals surface area contributed by atoms with Crippen LogP contribution in [0, 0.1) is 5.92 Å². The first-order chi connectivity index (χ1) is 6.20. The van der Waals surface area contributed by atoms with E-state index in [1.54, 1.807) is 0 Å². The van der Waals surface area contributed by atoms with Gasteiger partial charge in [-0.15, -0.1) is 0 Å². The summed E-state index contributed by atoms with van der Waals surface area (Å²) >= 11 is 0. The van der Waals surface area contributed by atoms with Gasteiger partial charge in [-0.1, -0.05) is 0 Å². The van der Waals surface area contributed by atoms with E-state index in [0.717, 1.165) is 13.0 Å². The molecule has 0 aromatic heterocycles. The van der Waals surface area contributed by atoms with Crippen molar-refractivity contribution in [3.63, 3.8) is 0 Å². The van der Waals surface area contributed by atoms with Crippen LogP contribution in [0.25, 0.3) is 0 Å². The smallest absolute Gasteiger partial charge is 0.303 e. The van der Waals surface area contributed by atoms with Crippen LogP contribution in [0.3, 0.4) is 0 Å². The van der Waals surface area contributed by atoms with Crippen LogP contribution in [0.4, 0.5) is 4.39 Å². The Morgan fingerprint density at radius 1 is 1.46 bits per heavy atom. The van der Waals surface area contributed by atoms with Gasteiger partial charge in [-0.25, -0.2) is 4.39 Å². The van der Waals surface area contributed by atoms with E-state index in [1.165, 1.54) is 0 Å². The Kier molecular flexibility index (Phi) is 4.15. The Morgan fingerprint density at radius 2 is 2.15 bits per heavy atom. The van der Waals surface area contributed by atoms with Gasteiger partial charge in [-0.2, -0.15) is 0 Å². The van der Waals surface area contributed by atoms with E-state index >= 15 is 0 Å². The molecule has 0 spiro atoms. The summed E-state index contributed by atoms with van der Waals surface area (Å²) < 4.78 is 13.3. The molecule has 2 atom stereocenters. The monoisotopic (exact) mass is 189 g/mol. The quantitative estimate of drug-likeness (QED) is 0.701. The third-order valence-corrected chi connectivity index (χ3v) is 2.53. The van der Waals surface area contributed by atoms with Crippen molar-refractivity contribution >= 4 is 5.97 Å². The number of aliphatic carboxylic acids is 1. The molecule has 3 nitrogen and oxygen atoms in total. The normalized spacial score (nSPS) is 29.6.